The van der Waals surface area contributed by atoms with Crippen molar-refractivity contribution in [1.29, 1.82) is 0 Å². The Morgan fingerprint density at radius 3 is 2.84 bits per heavy atom. The van der Waals surface area contributed by atoms with Crippen LogP contribution in [0.1, 0.15) is 22.3 Å². The maximum Gasteiger partial charge on any atom is 0.254 e. The van der Waals surface area contributed by atoms with Crippen molar-refractivity contribution in [1.82, 2.24) is 5.32 Å². The van der Waals surface area contributed by atoms with Gasteiger partial charge in [-0.1, -0.05) is 12.1 Å². The Labute approximate surface area is 112 Å². The van der Waals surface area contributed by atoms with Crippen molar-refractivity contribution in [3.63, 3.8) is 0 Å². The van der Waals surface area contributed by atoms with Gasteiger partial charge in [0.2, 0.25) is 0 Å². The molecule has 0 aliphatic carbocycles. The quantitative estimate of drug-likeness (QED) is 0.733. The van der Waals surface area contributed by atoms with Gasteiger partial charge in [-0.15, -0.1) is 0 Å². The first-order valence-corrected chi connectivity index (χ1v) is 6.26. The van der Waals surface area contributed by atoms with Crippen molar-refractivity contribution in [3.8, 4) is 0 Å². The van der Waals surface area contributed by atoms with E-state index in [2.05, 4.69) is 5.32 Å². The number of carbonyl (C=O) groups is 1. The monoisotopic (exact) mass is 269 g/mol. The second kappa shape index (κ2) is 8.61. The van der Waals surface area contributed by atoms with Gasteiger partial charge in [-0.2, -0.15) is 0 Å². The Hall–Kier alpha value is -1.46. The molecule has 0 spiro atoms. The topological polar surface area (TPSA) is 47.6 Å². The van der Waals surface area contributed by atoms with Crippen LogP contribution >= 0.6 is 0 Å². The second-order valence-electron chi connectivity index (χ2n) is 4.15. The number of ether oxygens (including phenoxy) is 2. The van der Waals surface area contributed by atoms with Crippen LogP contribution in [0.4, 0.5) is 4.39 Å². The average Bonchev–Trinajstić information content (AvgIpc) is 2.40. The molecule has 0 aromatic heterocycles. The van der Waals surface area contributed by atoms with Crippen molar-refractivity contribution in [3.05, 3.63) is 35.1 Å². The van der Waals surface area contributed by atoms with Gasteiger partial charge >= 0.3 is 0 Å². The summed E-state index contributed by atoms with van der Waals surface area (Å²) in [6, 6.07) is 4.78. The molecule has 0 atom stereocenters. The molecule has 1 rings (SSSR count). The van der Waals surface area contributed by atoms with Gasteiger partial charge in [0.05, 0.1) is 18.8 Å². The number of methoxy groups -OCH3 is 1. The zero-order valence-electron chi connectivity index (χ0n) is 11.4. The fourth-order valence-electron chi connectivity index (χ4n) is 1.54. The van der Waals surface area contributed by atoms with Gasteiger partial charge in [-0.25, -0.2) is 4.39 Å². The highest BCUT2D eigenvalue weighted by Crippen LogP contribution is 2.11. The van der Waals surface area contributed by atoms with Crippen LogP contribution in [0.2, 0.25) is 0 Å². The van der Waals surface area contributed by atoms with Gasteiger partial charge in [0, 0.05) is 20.3 Å². The normalized spacial score (nSPS) is 10.5. The first-order valence-electron chi connectivity index (χ1n) is 6.26. The summed E-state index contributed by atoms with van der Waals surface area (Å²) in [5, 5.41) is 2.67. The van der Waals surface area contributed by atoms with Crippen LogP contribution in [0.5, 0.6) is 0 Å². The van der Waals surface area contributed by atoms with E-state index in [9.17, 15) is 9.18 Å². The molecule has 0 fully saturated rings. The molecular formula is C14H20FNO3. The van der Waals surface area contributed by atoms with Crippen LogP contribution in [0.3, 0.4) is 0 Å². The van der Waals surface area contributed by atoms with Crippen molar-refractivity contribution in [2.45, 2.75) is 13.3 Å². The molecule has 0 aliphatic heterocycles. The SMILES string of the molecule is COCCOCCCNC(=O)c1cccc(C)c1F. The lowest BCUT2D eigenvalue weighted by Crippen LogP contribution is -2.26. The molecule has 0 heterocycles. The molecule has 5 heteroatoms. The summed E-state index contributed by atoms with van der Waals surface area (Å²) < 4.78 is 23.8. The molecule has 1 amide bonds. The molecular weight excluding hydrogens is 249 g/mol. The number of carbonyl (C=O) groups excluding carboxylic acids is 1. The lowest BCUT2D eigenvalue weighted by molar-refractivity contribution is 0.0688. The Morgan fingerprint density at radius 2 is 2.11 bits per heavy atom. The van der Waals surface area contributed by atoms with Crippen LogP contribution < -0.4 is 5.32 Å². The summed E-state index contributed by atoms with van der Waals surface area (Å²) in [7, 11) is 1.61. The Balaban J connectivity index is 2.26. The second-order valence-corrected chi connectivity index (χ2v) is 4.15. The minimum atomic E-state index is -0.462. The number of aryl methyl sites for hydroxylation is 1. The van der Waals surface area contributed by atoms with E-state index < -0.39 is 11.7 Å². The van der Waals surface area contributed by atoms with Crippen molar-refractivity contribution in [2.24, 2.45) is 0 Å². The van der Waals surface area contributed by atoms with E-state index in [1.807, 2.05) is 0 Å². The van der Waals surface area contributed by atoms with Crippen molar-refractivity contribution >= 4 is 5.91 Å². The predicted octanol–water partition coefficient (Wildman–Crippen LogP) is 1.92. The minimum Gasteiger partial charge on any atom is -0.382 e. The number of halogens is 1. The maximum atomic E-state index is 13.7. The molecule has 1 aromatic rings. The summed E-state index contributed by atoms with van der Waals surface area (Å²) in [4.78, 5) is 11.7. The van der Waals surface area contributed by atoms with Crippen LogP contribution in [0, 0.1) is 12.7 Å². The molecule has 0 aliphatic rings. The summed E-state index contributed by atoms with van der Waals surface area (Å²) in [6.07, 6.45) is 0.683. The van der Waals surface area contributed by atoms with Gasteiger partial charge in [0.15, 0.2) is 0 Å². The molecule has 0 bridgehead atoms. The lowest BCUT2D eigenvalue weighted by atomic mass is 10.1. The third kappa shape index (κ3) is 5.36. The largest absolute Gasteiger partial charge is 0.382 e. The number of benzene rings is 1. The minimum absolute atomic E-state index is 0.0836. The van der Waals surface area contributed by atoms with Crippen LogP contribution in [-0.2, 0) is 9.47 Å². The zero-order valence-corrected chi connectivity index (χ0v) is 11.4. The van der Waals surface area contributed by atoms with Gasteiger partial charge in [-0.05, 0) is 25.0 Å². The summed E-state index contributed by atoms with van der Waals surface area (Å²) in [5.41, 5.74) is 0.552. The van der Waals surface area contributed by atoms with E-state index in [1.54, 1.807) is 26.2 Å². The molecule has 0 radical (unpaired) electrons. The Kier molecular flexibility index (Phi) is 7.07. The summed E-state index contributed by atoms with van der Waals surface area (Å²) in [5.74, 6) is -0.852. The van der Waals surface area contributed by atoms with E-state index in [4.69, 9.17) is 9.47 Å². The first-order chi connectivity index (χ1) is 9.16. The number of rotatable bonds is 8. The molecule has 0 saturated carbocycles. The fourth-order valence-corrected chi connectivity index (χ4v) is 1.54. The highest BCUT2D eigenvalue weighted by molar-refractivity contribution is 5.94. The summed E-state index contributed by atoms with van der Waals surface area (Å²) in [6.45, 7) is 3.73. The number of amides is 1. The third-order valence-corrected chi connectivity index (χ3v) is 2.62. The number of hydrogen-bond acceptors (Lipinski definition) is 3. The van der Waals surface area contributed by atoms with Gasteiger partial charge in [-0.3, -0.25) is 4.79 Å². The van der Waals surface area contributed by atoms with Gasteiger partial charge in [0.1, 0.15) is 5.82 Å². The van der Waals surface area contributed by atoms with E-state index in [0.717, 1.165) is 0 Å². The molecule has 106 valence electrons. The molecule has 0 unspecified atom stereocenters. The van der Waals surface area contributed by atoms with E-state index in [-0.39, 0.29) is 5.56 Å². The van der Waals surface area contributed by atoms with Gasteiger partial charge in [0.25, 0.3) is 5.91 Å². The third-order valence-electron chi connectivity index (χ3n) is 2.62. The molecule has 1 N–H and O–H groups in total. The summed E-state index contributed by atoms with van der Waals surface area (Å²) >= 11 is 0. The predicted molar refractivity (Wildman–Crippen MR) is 70.8 cm³/mol. The highest BCUT2D eigenvalue weighted by Gasteiger charge is 2.12. The van der Waals surface area contributed by atoms with E-state index in [0.29, 0.717) is 38.3 Å². The first kappa shape index (κ1) is 15.6. The molecule has 4 nitrogen and oxygen atoms in total. The smallest absolute Gasteiger partial charge is 0.254 e. The molecule has 19 heavy (non-hydrogen) atoms. The molecule has 1 aromatic carbocycles. The number of hydrogen-bond donors (Lipinski definition) is 1. The van der Waals surface area contributed by atoms with Crippen molar-refractivity contribution < 1.29 is 18.7 Å². The van der Waals surface area contributed by atoms with Crippen LogP contribution in [0.15, 0.2) is 18.2 Å². The van der Waals surface area contributed by atoms with Crippen LogP contribution in [0.25, 0.3) is 0 Å². The fraction of sp³-hybridized carbons (Fsp3) is 0.500. The Bertz CT molecular complexity index is 410. The van der Waals surface area contributed by atoms with Gasteiger partial charge < -0.3 is 14.8 Å². The lowest BCUT2D eigenvalue weighted by Gasteiger charge is -2.07. The number of nitrogens with one attached hydrogen (secondary N) is 1. The van der Waals surface area contributed by atoms with Crippen molar-refractivity contribution in [2.75, 3.05) is 33.5 Å². The molecule has 0 saturated heterocycles. The zero-order chi connectivity index (χ0) is 14.1. The van der Waals surface area contributed by atoms with E-state index in [1.165, 1.54) is 6.07 Å². The van der Waals surface area contributed by atoms with Crippen LogP contribution in [-0.4, -0.2) is 39.4 Å². The highest BCUT2D eigenvalue weighted by atomic mass is 19.1. The maximum absolute atomic E-state index is 13.7. The standard InChI is InChI=1S/C14H20FNO3/c1-11-5-3-6-12(13(11)15)14(17)16-7-4-8-19-10-9-18-2/h3,5-6H,4,7-10H2,1-2H3,(H,16,17). The van der Waals surface area contributed by atoms with E-state index >= 15 is 0 Å². The Morgan fingerprint density at radius 1 is 1.32 bits per heavy atom. The average molecular weight is 269 g/mol.